The van der Waals surface area contributed by atoms with Crippen molar-refractivity contribution in [3.63, 3.8) is 0 Å². The summed E-state index contributed by atoms with van der Waals surface area (Å²) < 4.78 is 47.9. The number of fused-ring (bicyclic) bond motifs is 1. The molecule has 8 heteroatoms. The van der Waals surface area contributed by atoms with Gasteiger partial charge in [0.2, 0.25) is 0 Å². The molecule has 5 nitrogen and oxygen atoms in total. The van der Waals surface area contributed by atoms with E-state index in [0.29, 0.717) is 47.1 Å². The molecule has 33 heavy (non-hydrogen) atoms. The Balaban J connectivity index is 2.02. The molecule has 2 unspecified atom stereocenters. The minimum absolute atomic E-state index is 0.258. The zero-order valence-corrected chi connectivity index (χ0v) is 19.1. The molecule has 0 saturated heterocycles. The van der Waals surface area contributed by atoms with Crippen LogP contribution < -0.4 is 4.74 Å². The zero-order chi connectivity index (χ0) is 24.2. The largest absolute Gasteiger partial charge is 0.496 e. The molecule has 176 valence electrons. The van der Waals surface area contributed by atoms with Crippen molar-refractivity contribution in [3.05, 3.63) is 59.5 Å². The number of aromatic nitrogens is 2. The SMILES string of the molecule is CCc1cccc(C(CC)CC(O)(C=Nc2cccc3nc(C)ncc23)C(F)(F)F)c1OC. The zero-order valence-electron chi connectivity index (χ0n) is 19.1. The summed E-state index contributed by atoms with van der Waals surface area (Å²) in [4.78, 5) is 12.5. The number of nitrogens with zero attached hydrogens (tertiary/aromatic N) is 3. The second kappa shape index (κ2) is 9.87. The normalized spacial score (nSPS) is 15.0. The van der Waals surface area contributed by atoms with Crippen LogP contribution in [0.4, 0.5) is 18.9 Å². The van der Waals surface area contributed by atoms with Gasteiger partial charge in [0.25, 0.3) is 0 Å². The van der Waals surface area contributed by atoms with E-state index < -0.39 is 24.1 Å². The monoisotopic (exact) mass is 459 g/mol. The Labute approximate surface area is 191 Å². The van der Waals surface area contributed by atoms with E-state index >= 15 is 0 Å². The summed E-state index contributed by atoms with van der Waals surface area (Å²) in [5.41, 5.74) is -0.753. The third kappa shape index (κ3) is 5.16. The molecule has 0 aliphatic heterocycles. The van der Waals surface area contributed by atoms with Gasteiger partial charge in [-0.25, -0.2) is 9.97 Å². The number of ether oxygens (including phenoxy) is 1. The van der Waals surface area contributed by atoms with Crippen molar-refractivity contribution in [2.24, 2.45) is 4.99 Å². The molecule has 3 aromatic rings. The predicted molar refractivity (Wildman–Crippen MR) is 123 cm³/mol. The standard InChI is InChI=1S/C25H28F3N3O2/c1-5-17-9-7-10-19(23(17)33-4)18(6-2)13-24(32,25(26,27)28)15-30-21-11-8-12-22-20(21)14-29-16(3)31-22/h7-12,14-15,18,32H,5-6,13H2,1-4H3. The van der Waals surface area contributed by atoms with Crippen LogP contribution in [0, 0.1) is 6.92 Å². The van der Waals surface area contributed by atoms with Crippen molar-refractivity contribution in [2.45, 2.75) is 57.7 Å². The van der Waals surface area contributed by atoms with E-state index in [0.717, 1.165) is 5.56 Å². The van der Waals surface area contributed by atoms with Gasteiger partial charge in [-0.05, 0) is 55.4 Å². The summed E-state index contributed by atoms with van der Waals surface area (Å²) in [5.74, 6) is 0.516. The molecule has 0 aliphatic carbocycles. The van der Waals surface area contributed by atoms with E-state index in [4.69, 9.17) is 4.74 Å². The number of rotatable bonds is 8. The van der Waals surface area contributed by atoms with Crippen LogP contribution in [-0.4, -0.2) is 40.2 Å². The average molecular weight is 460 g/mol. The van der Waals surface area contributed by atoms with Gasteiger partial charge in [0.1, 0.15) is 11.6 Å². The maximum atomic E-state index is 14.1. The van der Waals surface area contributed by atoms with Crippen molar-refractivity contribution < 1.29 is 23.0 Å². The number of para-hydroxylation sites is 1. The molecular weight excluding hydrogens is 431 g/mol. The van der Waals surface area contributed by atoms with Crippen molar-refractivity contribution in [1.82, 2.24) is 9.97 Å². The molecule has 1 N–H and O–H groups in total. The molecule has 0 bridgehead atoms. The lowest BCUT2D eigenvalue weighted by Gasteiger charge is -2.31. The third-order valence-electron chi connectivity index (χ3n) is 5.83. The van der Waals surface area contributed by atoms with Crippen LogP contribution in [-0.2, 0) is 6.42 Å². The van der Waals surface area contributed by atoms with Gasteiger partial charge in [0.05, 0.1) is 18.3 Å². The van der Waals surface area contributed by atoms with E-state index in [2.05, 4.69) is 15.0 Å². The third-order valence-corrected chi connectivity index (χ3v) is 5.83. The summed E-state index contributed by atoms with van der Waals surface area (Å²) in [5, 5.41) is 11.3. The smallest absolute Gasteiger partial charge is 0.422 e. The first-order chi connectivity index (χ1) is 15.6. The van der Waals surface area contributed by atoms with Gasteiger partial charge in [-0.3, -0.25) is 4.99 Å². The highest BCUT2D eigenvalue weighted by Gasteiger charge is 2.53. The summed E-state index contributed by atoms with van der Waals surface area (Å²) in [7, 11) is 1.51. The van der Waals surface area contributed by atoms with Gasteiger partial charge in [-0.1, -0.05) is 38.1 Å². The van der Waals surface area contributed by atoms with Gasteiger partial charge in [-0.2, -0.15) is 13.2 Å². The van der Waals surface area contributed by atoms with Gasteiger partial charge in [0.15, 0.2) is 5.60 Å². The molecule has 0 aliphatic rings. The number of methoxy groups -OCH3 is 1. The molecule has 2 atom stereocenters. The molecule has 0 spiro atoms. The van der Waals surface area contributed by atoms with Gasteiger partial charge in [0, 0.05) is 17.8 Å². The lowest BCUT2D eigenvalue weighted by Crippen LogP contribution is -2.47. The number of aliphatic imine (C=N–C) groups is 1. The lowest BCUT2D eigenvalue weighted by molar-refractivity contribution is -0.232. The molecule has 2 aromatic carbocycles. The van der Waals surface area contributed by atoms with Gasteiger partial charge >= 0.3 is 6.18 Å². The van der Waals surface area contributed by atoms with Crippen LogP contribution in [0.15, 0.2) is 47.6 Å². The Morgan fingerprint density at radius 1 is 1.15 bits per heavy atom. The molecule has 0 fully saturated rings. The van der Waals surface area contributed by atoms with Crippen LogP contribution in [0.25, 0.3) is 10.9 Å². The molecule has 1 heterocycles. The topological polar surface area (TPSA) is 67.6 Å². The van der Waals surface area contributed by atoms with E-state index in [9.17, 15) is 18.3 Å². The minimum Gasteiger partial charge on any atom is -0.496 e. The highest BCUT2D eigenvalue weighted by atomic mass is 19.4. The van der Waals surface area contributed by atoms with Crippen molar-refractivity contribution in [1.29, 1.82) is 0 Å². The number of aliphatic hydroxyl groups is 1. The van der Waals surface area contributed by atoms with Crippen LogP contribution >= 0.6 is 0 Å². The molecule has 0 amide bonds. The number of aryl methyl sites for hydroxylation is 2. The molecular formula is C25H28F3N3O2. The lowest BCUT2D eigenvalue weighted by atomic mass is 9.83. The Kier molecular flexibility index (Phi) is 7.37. The molecule has 3 rings (SSSR count). The average Bonchev–Trinajstić information content (AvgIpc) is 2.79. The Hall–Kier alpha value is -3.00. The van der Waals surface area contributed by atoms with Crippen LogP contribution in [0.2, 0.25) is 0 Å². The number of hydrogen-bond acceptors (Lipinski definition) is 5. The first-order valence-corrected chi connectivity index (χ1v) is 10.9. The van der Waals surface area contributed by atoms with Crippen LogP contribution in [0.1, 0.15) is 49.6 Å². The fourth-order valence-corrected chi connectivity index (χ4v) is 3.97. The Morgan fingerprint density at radius 2 is 1.88 bits per heavy atom. The second-order valence-corrected chi connectivity index (χ2v) is 8.01. The van der Waals surface area contributed by atoms with Gasteiger partial charge in [-0.15, -0.1) is 0 Å². The van der Waals surface area contributed by atoms with E-state index in [-0.39, 0.29) is 5.69 Å². The van der Waals surface area contributed by atoms with E-state index in [1.807, 2.05) is 13.0 Å². The summed E-state index contributed by atoms with van der Waals surface area (Å²) in [6, 6.07) is 10.4. The summed E-state index contributed by atoms with van der Waals surface area (Å²) >= 11 is 0. The summed E-state index contributed by atoms with van der Waals surface area (Å²) in [6.45, 7) is 5.47. The first kappa shape index (κ1) is 24.6. The highest BCUT2D eigenvalue weighted by Crippen LogP contribution is 2.42. The molecule has 0 radical (unpaired) electrons. The Morgan fingerprint density at radius 3 is 2.52 bits per heavy atom. The van der Waals surface area contributed by atoms with Crippen molar-refractivity contribution >= 4 is 22.8 Å². The number of hydrogen-bond donors (Lipinski definition) is 1. The first-order valence-electron chi connectivity index (χ1n) is 10.9. The Bertz CT molecular complexity index is 1150. The predicted octanol–water partition coefficient (Wildman–Crippen LogP) is 6.09. The van der Waals surface area contributed by atoms with Crippen molar-refractivity contribution in [2.75, 3.05) is 7.11 Å². The maximum absolute atomic E-state index is 14.1. The van der Waals surface area contributed by atoms with E-state index in [1.165, 1.54) is 13.3 Å². The number of alkyl halides is 3. The maximum Gasteiger partial charge on any atom is 0.422 e. The van der Waals surface area contributed by atoms with Crippen LogP contribution in [0.3, 0.4) is 0 Å². The number of benzene rings is 2. The highest BCUT2D eigenvalue weighted by molar-refractivity contribution is 5.91. The fraction of sp³-hybridized carbons (Fsp3) is 0.400. The minimum atomic E-state index is -4.92. The van der Waals surface area contributed by atoms with E-state index in [1.54, 1.807) is 44.2 Å². The fourth-order valence-electron chi connectivity index (χ4n) is 3.97. The molecule has 1 aromatic heterocycles. The van der Waals surface area contributed by atoms with Crippen molar-refractivity contribution in [3.8, 4) is 5.75 Å². The quantitative estimate of drug-likeness (QED) is 0.414. The van der Waals surface area contributed by atoms with Crippen LogP contribution in [0.5, 0.6) is 5.75 Å². The van der Waals surface area contributed by atoms with Gasteiger partial charge < -0.3 is 9.84 Å². The summed E-state index contributed by atoms with van der Waals surface area (Å²) in [6.07, 6.45) is -2.32. The molecule has 0 saturated carbocycles. The number of halogens is 3. The second-order valence-electron chi connectivity index (χ2n) is 8.01.